The van der Waals surface area contributed by atoms with Crippen molar-refractivity contribution in [2.45, 2.75) is 128 Å². The van der Waals surface area contributed by atoms with Gasteiger partial charge in [-0.3, -0.25) is 33.8 Å². The van der Waals surface area contributed by atoms with E-state index < -0.39 is 190 Å². The second kappa shape index (κ2) is 37.0. The second-order valence-electron chi connectivity index (χ2n) is 29.2. The highest BCUT2D eigenvalue weighted by atomic mass is 79.9. The third-order valence-electron chi connectivity index (χ3n) is 19.7. The number of aromatic nitrogens is 3. The summed E-state index contributed by atoms with van der Waals surface area (Å²) in [5.74, 6) is -11.6. The Morgan fingerprint density at radius 1 is 0.455 bits per heavy atom. The lowest BCUT2D eigenvalue weighted by molar-refractivity contribution is -0.229. The first-order valence-corrected chi connectivity index (χ1v) is 38.8. The summed E-state index contributed by atoms with van der Waals surface area (Å²) in [6.07, 6.45) is -12.4. The number of carbonyl (C=O) groups is 6. The first-order chi connectivity index (χ1) is 57.2. The number of rotatable bonds is 23. The number of alkyl halides is 17. The Kier molecular flexibility index (Phi) is 28.4. The molecule has 3 N–H and O–H groups in total. The molecule has 0 saturated heterocycles. The predicted octanol–water partition coefficient (Wildman–Crippen LogP) is 23.9. The average Bonchev–Trinajstić information content (AvgIpc) is 1.49. The number of halogens is 25. The maximum atomic E-state index is 15.9. The van der Waals surface area contributed by atoms with E-state index in [4.69, 9.17) is 0 Å². The summed E-state index contributed by atoms with van der Waals surface area (Å²) in [7, 11) is 0. The van der Waals surface area contributed by atoms with Crippen LogP contribution in [0, 0.1) is 47.1 Å². The van der Waals surface area contributed by atoms with Crippen LogP contribution in [0.25, 0.3) is 0 Å². The van der Waals surface area contributed by atoms with Gasteiger partial charge in [0, 0.05) is 74.5 Å². The van der Waals surface area contributed by atoms with Gasteiger partial charge >= 0.3 is 31.3 Å². The SMILES string of the molecule is CC(C)(F)c1cc(Br)c(NC(=O)c2cccc(N(CC3CC3)C(=O)c3ccnc(F)c3)c2F)c(OC(F)F)c1.CC(C1CC1)N(C(=O)c1ccncc1)c1cccc(C(=O)Nc2c(Br)cc(C(C)(F)C(F)(F)F)cc2C(F)(F)F)c1F.CC(F)(c1cc(Br)c(NC(=O)c2cccc(N(CC3CC3)C(=O)c3ccc(F)nc3)c2F)c(C(F)(F)F)c1)C(F)(F)F. The molecule has 654 valence electrons. The maximum absolute atomic E-state index is 15.9. The van der Waals surface area contributed by atoms with Crippen LogP contribution >= 0.6 is 47.8 Å². The highest BCUT2D eigenvalue weighted by Gasteiger charge is 2.56. The van der Waals surface area contributed by atoms with Gasteiger partial charge in [-0.2, -0.15) is 70.2 Å². The fourth-order valence-corrected chi connectivity index (χ4v) is 13.9. The highest BCUT2D eigenvalue weighted by Crippen LogP contribution is 2.51. The number of ether oxygens (including phenoxy) is 1. The van der Waals surface area contributed by atoms with E-state index in [0.717, 1.165) is 109 Å². The van der Waals surface area contributed by atoms with Crippen LogP contribution in [0.3, 0.4) is 0 Å². The summed E-state index contributed by atoms with van der Waals surface area (Å²) in [5.41, 5.74) is -21.9. The summed E-state index contributed by atoms with van der Waals surface area (Å²) < 4.78 is 310. The summed E-state index contributed by atoms with van der Waals surface area (Å²) in [5, 5.41) is 6.07. The molecule has 3 saturated carbocycles. The first-order valence-electron chi connectivity index (χ1n) is 36.4. The average molecular weight is 1950 g/mol. The van der Waals surface area contributed by atoms with Crippen molar-refractivity contribution in [3.8, 4) is 5.75 Å². The molecule has 41 heteroatoms. The Morgan fingerprint density at radius 3 is 1.25 bits per heavy atom. The van der Waals surface area contributed by atoms with Gasteiger partial charge in [0.15, 0.2) is 23.2 Å². The number of amides is 6. The van der Waals surface area contributed by atoms with Gasteiger partial charge in [-0.15, -0.1) is 0 Å². The number of hydrogen-bond acceptors (Lipinski definition) is 10. The van der Waals surface area contributed by atoms with E-state index in [0.29, 0.717) is 12.1 Å². The lowest BCUT2D eigenvalue weighted by Gasteiger charge is -2.30. The molecule has 3 aliphatic carbocycles. The lowest BCUT2D eigenvalue weighted by Crippen LogP contribution is -2.41. The molecule has 6 aromatic carbocycles. The Balaban J connectivity index is 0.000000193. The Bertz CT molecular complexity index is 5490. The number of nitrogens with one attached hydrogen (secondary N) is 3. The molecule has 12 rings (SSSR count). The predicted molar refractivity (Wildman–Crippen MR) is 416 cm³/mol. The fourth-order valence-electron chi connectivity index (χ4n) is 12.2. The summed E-state index contributed by atoms with van der Waals surface area (Å²) in [6.45, 7) is 1.13. The molecule has 16 nitrogen and oxygen atoms in total. The third-order valence-corrected chi connectivity index (χ3v) is 21.6. The molecule has 9 aromatic rings. The van der Waals surface area contributed by atoms with Crippen molar-refractivity contribution in [3.63, 3.8) is 0 Å². The van der Waals surface area contributed by atoms with Gasteiger partial charge in [0.05, 0.1) is 67.5 Å². The number of benzene rings is 6. The molecule has 3 aromatic heterocycles. The lowest BCUT2D eigenvalue weighted by atomic mass is 9.94. The van der Waals surface area contributed by atoms with E-state index in [2.05, 4.69) is 72.8 Å². The number of carbonyl (C=O) groups excluding carboxylic acids is 6. The number of anilines is 6. The third kappa shape index (κ3) is 22.3. The topological polar surface area (TPSA) is 196 Å². The van der Waals surface area contributed by atoms with Gasteiger partial charge in [0.2, 0.25) is 23.2 Å². The molecule has 3 unspecified atom stereocenters. The second-order valence-corrected chi connectivity index (χ2v) is 31.7. The zero-order valence-electron chi connectivity index (χ0n) is 64.0. The minimum atomic E-state index is -5.56. The van der Waals surface area contributed by atoms with Crippen molar-refractivity contribution in [3.05, 3.63) is 256 Å². The summed E-state index contributed by atoms with van der Waals surface area (Å²) >= 11 is 8.49. The molecule has 3 fully saturated rings. The minimum Gasteiger partial charge on any atom is -0.433 e. The number of nitrogens with zero attached hydrogens (tertiary/aromatic N) is 6. The van der Waals surface area contributed by atoms with E-state index >= 15 is 13.2 Å². The van der Waals surface area contributed by atoms with E-state index in [1.165, 1.54) is 85.7 Å². The Morgan fingerprint density at radius 2 is 0.862 bits per heavy atom. The molecule has 0 bridgehead atoms. The van der Waals surface area contributed by atoms with Crippen LogP contribution < -0.4 is 35.4 Å². The molecule has 123 heavy (non-hydrogen) atoms. The van der Waals surface area contributed by atoms with Crippen molar-refractivity contribution in [2.75, 3.05) is 43.7 Å². The normalized spacial score (nSPS) is 14.9. The van der Waals surface area contributed by atoms with Crippen LogP contribution in [0.4, 0.5) is 131 Å². The minimum absolute atomic E-state index is 0.000872. The highest BCUT2D eigenvalue weighted by molar-refractivity contribution is 9.11. The van der Waals surface area contributed by atoms with Crippen LogP contribution in [0.5, 0.6) is 5.75 Å². The Hall–Kier alpha value is -10.7. The van der Waals surface area contributed by atoms with Crippen molar-refractivity contribution in [1.29, 1.82) is 0 Å². The van der Waals surface area contributed by atoms with Gasteiger partial charge in [-0.1, -0.05) is 18.2 Å². The van der Waals surface area contributed by atoms with E-state index in [1.54, 1.807) is 6.92 Å². The monoisotopic (exact) mass is 1940 g/mol. The standard InChI is InChI=1S/C28H22BrF8N3O2.C27H19BrF9N3O2.C27H23BrF5N3O3/c1-14(15-6-7-15)40(25(42)16-8-10-38-11-9-16)21-5-3-4-18(22(21)30)24(41)39-23-19(27(32,33)34)12-17(13-20(23)29)26(2,31)28(35,36)37;1-25(31,27(35,36)37)15-9-17(26(32,33)34)22(18(28)10-15)39-23(41)16-3-2-4-19(21(16)30)40(12-13-5-6-13)24(42)14-7-8-20(29)38-11-14;1-27(2,33)16-11-18(28)23(20(12-16)39-26(31)32)35-24(37)17-4-3-5-19(22(17)30)36(13-14-6-7-14)25(38)15-8-9-34-21(29)10-15/h3-5,8-15H,6-7H2,1-2H3,(H,39,41);2-4,7-11,13H,5-6,12H2,1H3,(H,39,41);3-5,8-12,14,26H,6-7,13H2,1-2H3,(H,35,37). The summed E-state index contributed by atoms with van der Waals surface area (Å²) in [6, 6.07) is 20.2. The molecular weight excluding hydrogens is 1880 g/mol. The van der Waals surface area contributed by atoms with Crippen LogP contribution in [-0.2, 0) is 29.4 Å². The largest absolute Gasteiger partial charge is 0.433 e. The van der Waals surface area contributed by atoms with Crippen LogP contribution in [0.2, 0.25) is 0 Å². The molecule has 6 amide bonds. The van der Waals surface area contributed by atoms with Gasteiger partial charge in [-0.25, -0.2) is 36.3 Å². The van der Waals surface area contributed by atoms with Crippen LogP contribution in [0.15, 0.2) is 166 Å². The molecule has 0 radical (unpaired) electrons. The van der Waals surface area contributed by atoms with Crippen molar-refractivity contribution in [1.82, 2.24) is 15.0 Å². The zero-order valence-corrected chi connectivity index (χ0v) is 68.7. The summed E-state index contributed by atoms with van der Waals surface area (Å²) in [4.78, 5) is 93.1. The molecule has 3 aliphatic rings. The molecule has 0 aliphatic heterocycles. The molecule has 3 heterocycles. The van der Waals surface area contributed by atoms with Crippen molar-refractivity contribution >= 4 is 117 Å². The Labute approximate surface area is 709 Å². The molecule has 3 atom stereocenters. The molecule has 0 spiro atoms. The van der Waals surface area contributed by atoms with E-state index in [9.17, 15) is 112 Å². The van der Waals surface area contributed by atoms with Gasteiger partial charge in [-0.05, 0) is 259 Å². The van der Waals surface area contributed by atoms with Crippen molar-refractivity contribution in [2.24, 2.45) is 17.8 Å². The quantitative estimate of drug-likeness (QED) is 0.0409. The van der Waals surface area contributed by atoms with Gasteiger partial charge < -0.3 is 35.4 Å². The van der Waals surface area contributed by atoms with Gasteiger partial charge in [0.1, 0.15) is 5.67 Å². The number of hydrogen-bond donors (Lipinski definition) is 3. The smallest absolute Gasteiger partial charge is 0.426 e. The van der Waals surface area contributed by atoms with Crippen LogP contribution in [0.1, 0.15) is 163 Å². The zero-order chi connectivity index (χ0) is 90.9. The molecular formula is C82H64Br3F22N9O7. The first kappa shape index (κ1) is 94.5. The number of pyridine rings is 3. The fraction of sp³-hybridized carbons (Fsp3) is 0.305. The van der Waals surface area contributed by atoms with E-state index in [1.807, 2.05) is 10.6 Å². The van der Waals surface area contributed by atoms with Gasteiger partial charge in [0.25, 0.3) is 35.4 Å². The van der Waals surface area contributed by atoms with Crippen molar-refractivity contribution < 1.29 is 130 Å². The van der Waals surface area contributed by atoms with Crippen LogP contribution in [-0.4, -0.2) is 88.5 Å². The van der Waals surface area contributed by atoms with E-state index in [-0.39, 0.29) is 101 Å². The maximum Gasteiger partial charge on any atom is 0.426 e.